The van der Waals surface area contributed by atoms with Gasteiger partial charge in [0.05, 0.1) is 21.6 Å². The zero-order valence-electron chi connectivity index (χ0n) is 9.84. The molecular weight excluding hydrogens is 289 g/mol. The summed E-state index contributed by atoms with van der Waals surface area (Å²) in [6.45, 7) is 0. The molecule has 0 saturated carbocycles. The van der Waals surface area contributed by atoms with Crippen molar-refractivity contribution in [2.24, 2.45) is 0 Å². The van der Waals surface area contributed by atoms with Gasteiger partial charge >= 0.3 is 0 Å². The Morgan fingerprint density at radius 2 is 2.15 bits per heavy atom. The topological polar surface area (TPSA) is 85.1 Å². The molecule has 2 rings (SSSR count). The van der Waals surface area contributed by atoms with Gasteiger partial charge in [-0.25, -0.2) is 9.37 Å². The number of non-ortho nitro benzene ring substituents is 1. The Morgan fingerprint density at radius 1 is 1.40 bits per heavy atom. The van der Waals surface area contributed by atoms with Crippen molar-refractivity contribution in [2.75, 3.05) is 5.32 Å². The van der Waals surface area contributed by atoms with E-state index in [2.05, 4.69) is 10.3 Å². The molecular formula is C12H7ClFN3O3. The van der Waals surface area contributed by atoms with Crippen LogP contribution in [0.25, 0.3) is 0 Å². The fourth-order valence-electron chi connectivity index (χ4n) is 1.45. The molecule has 0 aliphatic heterocycles. The molecule has 0 atom stereocenters. The number of hydrogen-bond acceptors (Lipinski definition) is 4. The van der Waals surface area contributed by atoms with Gasteiger partial charge in [-0.15, -0.1) is 0 Å². The first kappa shape index (κ1) is 13.9. The van der Waals surface area contributed by atoms with Crippen LogP contribution >= 0.6 is 11.6 Å². The van der Waals surface area contributed by atoms with Crippen molar-refractivity contribution in [1.29, 1.82) is 0 Å². The van der Waals surface area contributed by atoms with Gasteiger partial charge in [0.15, 0.2) is 5.82 Å². The molecule has 8 heteroatoms. The summed E-state index contributed by atoms with van der Waals surface area (Å²) in [5, 5.41) is 13.0. The molecule has 1 aromatic carbocycles. The van der Waals surface area contributed by atoms with Gasteiger partial charge in [0, 0.05) is 12.3 Å². The number of rotatable bonds is 3. The molecule has 2 aromatic rings. The highest BCUT2D eigenvalue weighted by Crippen LogP contribution is 2.20. The first-order chi connectivity index (χ1) is 9.49. The molecule has 0 spiro atoms. The van der Waals surface area contributed by atoms with E-state index in [1.807, 2.05) is 0 Å². The second kappa shape index (κ2) is 5.62. The Bertz CT molecular complexity index is 693. The largest absolute Gasteiger partial charge is 0.305 e. The van der Waals surface area contributed by atoms with E-state index in [1.54, 1.807) is 6.07 Å². The molecule has 1 N–H and O–H groups in total. The molecule has 0 unspecified atom stereocenters. The Kier molecular flexibility index (Phi) is 3.90. The maximum absolute atomic E-state index is 13.6. The minimum atomic E-state index is -0.997. The second-order valence-corrected chi connectivity index (χ2v) is 4.12. The van der Waals surface area contributed by atoms with Crippen molar-refractivity contribution in [3.8, 4) is 0 Å². The summed E-state index contributed by atoms with van der Waals surface area (Å²) in [6.07, 6.45) is 1.41. The number of pyridine rings is 1. The molecule has 20 heavy (non-hydrogen) atoms. The summed E-state index contributed by atoms with van der Waals surface area (Å²) >= 11 is 5.80. The van der Waals surface area contributed by atoms with Gasteiger partial charge in [-0.2, -0.15) is 0 Å². The van der Waals surface area contributed by atoms with E-state index in [1.165, 1.54) is 12.3 Å². The van der Waals surface area contributed by atoms with Gasteiger partial charge in [-0.3, -0.25) is 14.9 Å². The van der Waals surface area contributed by atoms with Crippen LogP contribution in [0.5, 0.6) is 0 Å². The van der Waals surface area contributed by atoms with Crippen LogP contribution in [-0.2, 0) is 0 Å². The normalized spacial score (nSPS) is 10.1. The summed E-state index contributed by atoms with van der Waals surface area (Å²) in [6, 6.07) is 5.83. The fraction of sp³-hybridized carbons (Fsp3) is 0. The number of aromatic nitrogens is 1. The number of nitrogens with zero attached hydrogens (tertiary/aromatic N) is 2. The molecule has 0 fully saturated rings. The number of nitrogens with one attached hydrogen (secondary N) is 1. The summed E-state index contributed by atoms with van der Waals surface area (Å²) in [4.78, 5) is 25.4. The van der Waals surface area contributed by atoms with Gasteiger partial charge < -0.3 is 5.32 Å². The molecule has 0 saturated heterocycles. The molecule has 102 valence electrons. The van der Waals surface area contributed by atoms with E-state index < -0.39 is 22.3 Å². The van der Waals surface area contributed by atoms with Crippen LogP contribution in [0.1, 0.15) is 10.4 Å². The van der Waals surface area contributed by atoms with Crippen molar-refractivity contribution in [3.63, 3.8) is 0 Å². The zero-order chi connectivity index (χ0) is 14.7. The lowest BCUT2D eigenvalue weighted by atomic mass is 10.2. The average molecular weight is 296 g/mol. The summed E-state index contributed by atoms with van der Waals surface area (Å²) < 4.78 is 13.6. The van der Waals surface area contributed by atoms with Crippen molar-refractivity contribution in [2.45, 2.75) is 0 Å². The Morgan fingerprint density at radius 3 is 2.75 bits per heavy atom. The van der Waals surface area contributed by atoms with Crippen molar-refractivity contribution < 1.29 is 14.1 Å². The second-order valence-electron chi connectivity index (χ2n) is 3.71. The van der Waals surface area contributed by atoms with E-state index in [-0.39, 0.29) is 16.4 Å². The third-order valence-electron chi connectivity index (χ3n) is 2.40. The predicted molar refractivity (Wildman–Crippen MR) is 70.3 cm³/mol. The zero-order valence-corrected chi connectivity index (χ0v) is 10.6. The van der Waals surface area contributed by atoms with E-state index in [9.17, 15) is 19.3 Å². The van der Waals surface area contributed by atoms with Crippen LogP contribution in [0.3, 0.4) is 0 Å². The van der Waals surface area contributed by atoms with Gasteiger partial charge in [-0.1, -0.05) is 11.6 Å². The maximum Gasteiger partial charge on any atom is 0.272 e. The number of anilines is 1. The van der Waals surface area contributed by atoms with Crippen LogP contribution in [0.15, 0.2) is 36.5 Å². The quantitative estimate of drug-likeness (QED) is 0.696. The lowest BCUT2D eigenvalue weighted by Gasteiger charge is -2.06. The van der Waals surface area contributed by atoms with Crippen LogP contribution in [0.4, 0.5) is 15.9 Å². The number of hydrogen-bond donors (Lipinski definition) is 1. The van der Waals surface area contributed by atoms with E-state index >= 15 is 0 Å². The van der Waals surface area contributed by atoms with Gasteiger partial charge in [0.25, 0.3) is 11.6 Å². The van der Waals surface area contributed by atoms with Crippen molar-refractivity contribution >= 4 is 29.0 Å². The molecule has 0 aliphatic carbocycles. The van der Waals surface area contributed by atoms with E-state index in [0.29, 0.717) is 6.07 Å². The monoisotopic (exact) mass is 295 g/mol. The van der Waals surface area contributed by atoms with Crippen molar-refractivity contribution in [1.82, 2.24) is 4.98 Å². The molecule has 1 aromatic heterocycles. The Hall–Kier alpha value is -2.54. The molecule has 1 amide bonds. The summed E-state index contributed by atoms with van der Waals surface area (Å²) in [5.41, 5.74) is -0.771. The average Bonchev–Trinajstić information content (AvgIpc) is 2.41. The van der Waals surface area contributed by atoms with Crippen molar-refractivity contribution in [3.05, 3.63) is 63.0 Å². The Balaban J connectivity index is 2.26. The highest BCUT2D eigenvalue weighted by molar-refractivity contribution is 6.33. The number of amides is 1. The maximum atomic E-state index is 13.6. The molecule has 0 bridgehead atoms. The van der Waals surface area contributed by atoms with Crippen LogP contribution in [-0.4, -0.2) is 15.8 Å². The van der Waals surface area contributed by atoms with Gasteiger partial charge in [-0.05, 0) is 18.2 Å². The number of halogens is 2. The molecule has 1 heterocycles. The van der Waals surface area contributed by atoms with Crippen LogP contribution in [0.2, 0.25) is 5.02 Å². The van der Waals surface area contributed by atoms with E-state index in [4.69, 9.17) is 11.6 Å². The fourth-order valence-corrected chi connectivity index (χ4v) is 1.62. The van der Waals surface area contributed by atoms with Crippen LogP contribution in [0, 0.1) is 15.9 Å². The molecule has 0 radical (unpaired) electrons. The highest BCUT2D eigenvalue weighted by atomic mass is 35.5. The smallest absolute Gasteiger partial charge is 0.272 e. The van der Waals surface area contributed by atoms with Gasteiger partial charge in [0.2, 0.25) is 0 Å². The number of nitro benzene ring substituents is 1. The number of carbonyl (C=O) groups excluding carboxylic acids is 1. The Labute approximate surface area is 117 Å². The minimum Gasteiger partial charge on any atom is -0.305 e. The third-order valence-corrected chi connectivity index (χ3v) is 2.70. The van der Waals surface area contributed by atoms with E-state index in [0.717, 1.165) is 12.1 Å². The first-order valence-corrected chi connectivity index (χ1v) is 5.72. The number of nitro groups is 1. The lowest BCUT2D eigenvalue weighted by Crippen LogP contribution is -2.15. The highest BCUT2D eigenvalue weighted by Gasteiger charge is 2.17. The first-order valence-electron chi connectivity index (χ1n) is 5.35. The molecule has 6 nitrogen and oxygen atoms in total. The van der Waals surface area contributed by atoms with Gasteiger partial charge in [0.1, 0.15) is 5.82 Å². The standard InChI is InChI=1S/C12H7ClFN3O3/c13-9-2-1-5-15-11(9)16-12(18)8-4-3-7(17(19)20)6-10(8)14/h1-6H,(H,15,16,18). The minimum absolute atomic E-state index is 0.0805. The third kappa shape index (κ3) is 2.89. The number of carbonyl (C=O) groups is 1. The number of benzene rings is 1. The summed E-state index contributed by atoms with van der Waals surface area (Å²) in [5.74, 6) is -1.71. The SMILES string of the molecule is O=C(Nc1ncccc1Cl)c1ccc([N+](=O)[O-])cc1F. The molecule has 0 aliphatic rings. The summed E-state index contributed by atoms with van der Waals surface area (Å²) in [7, 11) is 0. The van der Waals surface area contributed by atoms with Crippen LogP contribution < -0.4 is 5.32 Å². The lowest BCUT2D eigenvalue weighted by molar-refractivity contribution is -0.385. The predicted octanol–water partition coefficient (Wildman–Crippen LogP) is 3.03.